The molecule has 1 aliphatic heterocycles. The van der Waals surface area contributed by atoms with Crippen LogP contribution in [0.2, 0.25) is 5.02 Å². The monoisotopic (exact) mass is 327 g/mol. The maximum atomic E-state index is 11.9. The zero-order valence-corrected chi connectivity index (χ0v) is 13.0. The molecule has 0 atom stereocenters. The fraction of sp³-hybridized carbons (Fsp3) is 0.176. The van der Waals surface area contributed by atoms with Crippen LogP contribution in [0.3, 0.4) is 0 Å². The average molecular weight is 328 g/mol. The number of benzene rings is 2. The van der Waals surface area contributed by atoms with E-state index >= 15 is 0 Å². The third-order valence-electron chi connectivity index (χ3n) is 3.97. The quantitative estimate of drug-likeness (QED) is 0.804. The molecule has 0 bridgehead atoms. The Balaban J connectivity index is 1.57. The van der Waals surface area contributed by atoms with Gasteiger partial charge in [-0.3, -0.25) is 0 Å². The largest absolute Gasteiger partial charge is 0.489 e. The number of hydrogen-bond acceptors (Lipinski definition) is 3. The van der Waals surface area contributed by atoms with Crippen LogP contribution < -0.4 is 10.4 Å². The van der Waals surface area contributed by atoms with Gasteiger partial charge in [-0.1, -0.05) is 23.7 Å². The average Bonchev–Trinajstić information content (AvgIpc) is 2.96. The van der Waals surface area contributed by atoms with Crippen molar-refractivity contribution in [1.29, 1.82) is 0 Å². The Hall–Kier alpha value is -2.53. The first-order chi connectivity index (χ1) is 11.2. The highest BCUT2D eigenvalue weighted by Crippen LogP contribution is 2.26. The van der Waals surface area contributed by atoms with Crippen molar-refractivity contribution in [3.63, 3.8) is 0 Å². The molecule has 0 radical (unpaired) electrons. The van der Waals surface area contributed by atoms with Crippen LogP contribution in [0.25, 0.3) is 5.69 Å². The van der Waals surface area contributed by atoms with Crippen molar-refractivity contribution in [2.45, 2.75) is 19.4 Å². The van der Waals surface area contributed by atoms with E-state index in [1.807, 2.05) is 42.5 Å². The van der Waals surface area contributed by atoms with E-state index in [0.717, 1.165) is 41.2 Å². The van der Waals surface area contributed by atoms with Crippen molar-refractivity contribution in [2.24, 2.45) is 0 Å². The Morgan fingerprint density at radius 1 is 1.17 bits per heavy atom. The zero-order valence-electron chi connectivity index (χ0n) is 12.3. The number of nitrogens with one attached hydrogen (secondary N) is 1. The number of aryl methyl sites for hydroxylation is 2. The standard InChI is InChI=1S/C17H14ClN3O2/c18-13-4-1-11(2-5-13)10-23-14-6-7-15-12(9-14)3-8-16-19-20-17(22)21(15)16/h1-2,4-7,9H,3,8,10H2,(H,20,22). The molecule has 0 unspecified atom stereocenters. The molecule has 2 aromatic carbocycles. The van der Waals surface area contributed by atoms with Crippen LogP contribution in [0.4, 0.5) is 0 Å². The van der Waals surface area contributed by atoms with E-state index < -0.39 is 0 Å². The van der Waals surface area contributed by atoms with E-state index in [2.05, 4.69) is 10.2 Å². The van der Waals surface area contributed by atoms with E-state index in [4.69, 9.17) is 16.3 Å². The predicted octanol–water partition coefficient (Wildman–Crippen LogP) is 2.89. The number of nitrogens with zero attached hydrogens (tertiary/aromatic N) is 2. The number of hydrogen-bond donors (Lipinski definition) is 1. The van der Waals surface area contributed by atoms with Crippen molar-refractivity contribution in [1.82, 2.24) is 14.8 Å². The molecule has 0 fully saturated rings. The molecule has 0 saturated carbocycles. The number of aromatic amines is 1. The Kier molecular flexibility index (Phi) is 3.42. The van der Waals surface area contributed by atoms with Crippen molar-refractivity contribution < 1.29 is 4.74 Å². The molecule has 2 heterocycles. The van der Waals surface area contributed by atoms with Gasteiger partial charge >= 0.3 is 5.69 Å². The topological polar surface area (TPSA) is 59.9 Å². The smallest absolute Gasteiger partial charge is 0.347 e. The fourth-order valence-electron chi connectivity index (χ4n) is 2.81. The lowest BCUT2D eigenvalue weighted by Crippen LogP contribution is -2.22. The third kappa shape index (κ3) is 2.64. The molecule has 1 aromatic heterocycles. The second-order valence-electron chi connectivity index (χ2n) is 5.49. The van der Waals surface area contributed by atoms with Gasteiger partial charge in [-0.2, -0.15) is 5.10 Å². The molecule has 1 N–H and O–H groups in total. The summed E-state index contributed by atoms with van der Waals surface area (Å²) in [5.74, 6) is 1.57. The number of H-pyrrole nitrogens is 1. The van der Waals surface area contributed by atoms with E-state index in [9.17, 15) is 4.79 Å². The Morgan fingerprint density at radius 3 is 2.83 bits per heavy atom. The first-order valence-corrected chi connectivity index (χ1v) is 7.75. The summed E-state index contributed by atoms with van der Waals surface area (Å²) in [6, 6.07) is 13.4. The highest BCUT2D eigenvalue weighted by molar-refractivity contribution is 6.30. The van der Waals surface area contributed by atoms with Crippen molar-refractivity contribution in [3.8, 4) is 11.4 Å². The van der Waals surface area contributed by atoms with Gasteiger partial charge < -0.3 is 4.74 Å². The molecule has 6 heteroatoms. The molecule has 0 aliphatic carbocycles. The van der Waals surface area contributed by atoms with Crippen LogP contribution >= 0.6 is 11.6 Å². The van der Waals surface area contributed by atoms with Crippen molar-refractivity contribution in [3.05, 3.63) is 74.9 Å². The lowest BCUT2D eigenvalue weighted by Gasteiger charge is -2.18. The molecule has 5 nitrogen and oxygen atoms in total. The first-order valence-electron chi connectivity index (χ1n) is 7.37. The number of rotatable bonds is 3. The molecule has 23 heavy (non-hydrogen) atoms. The van der Waals surface area contributed by atoms with Crippen LogP contribution in [0.1, 0.15) is 17.0 Å². The van der Waals surface area contributed by atoms with Gasteiger partial charge in [0.25, 0.3) is 0 Å². The highest BCUT2D eigenvalue weighted by Gasteiger charge is 2.19. The molecular formula is C17H14ClN3O2. The van der Waals surface area contributed by atoms with Gasteiger partial charge in [0.05, 0.1) is 5.69 Å². The van der Waals surface area contributed by atoms with Gasteiger partial charge in [-0.25, -0.2) is 14.5 Å². The Labute approximate surface area is 137 Å². The van der Waals surface area contributed by atoms with Gasteiger partial charge in [0.15, 0.2) is 0 Å². The molecule has 0 spiro atoms. The van der Waals surface area contributed by atoms with Crippen LogP contribution in [-0.4, -0.2) is 14.8 Å². The van der Waals surface area contributed by atoms with E-state index in [-0.39, 0.29) is 5.69 Å². The number of aromatic nitrogens is 3. The summed E-state index contributed by atoms with van der Waals surface area (Å²) < 4.78 is 7.47. The van der Waals surface area contributed by atoms with Crippen LogP contribution in [0, 0.1) is 0 Å². The lowest BCUT2D eigenvalue weighted by atomic mass is 10.0. The minimum atomic E-state index is -0.198. The second kappa shape index (κ2) is 5.59. The summed E-state index contributed by atoms with van der Waals surface area (Å²) in [6.45, 7) is 0.479. The SMILES string of the molecule is O=c1[nH]nc2n1-c1ccc(OCc3ccc(Cl)cc3)cc1CC2. The van der Waals surface area contributed by atoms with Crippen LogP contribution in [0.15, 0.2) is 47.3 Å². The maximum absolute atomic E-state index is 11.9. The van der Waals surface area contributed by atoms with Crippen LogP contribution in [-0.2, 0) is 19.4 Å². The minimum Gasteiger partial charge on any atom is -0.489 e. The minimum absolute atomic E-state index is 0.198. The number of ether oxygens (including phenoxy) is 1. The van der Waals surface area contributed by atoms with Gasteiger partial charge in [0.2, 0.25) is 0 Å². The molecule has 0 saturated heterocycles. The van der Waals surface area contributed by atoms with Gasteiger partial charge in [0.1, 0.15) is 18.2 Å². The van der Waals surface area contributed by atoms with Crippen molar-refractivity contribution >= 4 is 11.6 Å². The Morgan fingerprint density at radius 2 is 2.00 bits per heavy atom. The van der Waals surface area contributed by atoms with Gasteiger partial charge in [-0.05, 0) is 47.9 Å². The highest BCUT2D eigenvalue weighted by atomic mass is 35.5. The second-order valence-corrected chi connectivity index (χ2v) is 5.92. The molecule has 1 aliphatic rings. The first kappa shape index (κ1) is 14.1. The number of fused-ring (bicyclic) bond motifs is 3. The van der Waals surface area contributed by atoms with E-state index in [1.165, 1.54) is 0 Å². The normalized spacial score (nSPS) is 12.6. The van der Waals surface area contributed by atoms with Gasteiger partial charge in [-0.15, -0.1) is 0 Å². The lowest BCUT2D eigenvalue weighted by molar-refractivity contribution is 0.306. The van der Waals surface area contributed by atoms with E-state index in [0.29, 0.717) is 11.6 Å². The molecule has 0 amide bonds. The predicted molar refractivity (Wildman–Crippen MR) is 87.4 cm³/mol. The van der Waals surface area contributed by atoms with Crippen LogP contribution in [0.5, 0.6) is 5.75 Å². The molecule has 116 valence electrons. The zero-order chi connectivity index (χ0) is 15.8. The molecule has 3 aromatic rings. The fourth-order valence-corrected chi connectivity index (χ4v) is 2.94. The summed E-state index contributed by atoms with van der Waals surface area (Å²) >= 11 is 5.88. The third-order valence-corrected chi connectivity index (χ3v) is 4.22. The number of halogens is 1. The summed E-state index contributed by atoms with van der Waals surface area (Å²) in [6.07, 6.45) is 1.59. The molecule has 4 rings (SSSR count). The van der Waals surface area contributed by atoms with E-state index in [1.54, 1.807) is 4.57 Å². The maximum Gasteiger partial charge on any atom is 0.347 e. The van der Waals surface area contributed by atoms with Crippen molar-refractivity contribution in [2.75, 3.05) is 0 Å². The molecular weight excluding hydrogens is 314 g/mol. The van der Waals surface area contributed by atoms with Gasteiger partial charge in [0, 0.05) is 11.4 Å². The Bertz CT molecular complexity index is 912. The summed E-state index contributed by atoms with van der Waals surface area (Å²) in [4.78, 5) is 11.9. The summed E-state index contributed by atoms with van der Waals surface area (Å²) in [5, 5.41) is 7.26. The summed E-state index contributed by atoms with van der Waals surface area (Å²) in [7, 11) is 0. The summed E-state index contributed by atoms with van der Waals surface area (Å²) in [5.41, 5.74) is 2.83.